The van der Waals surface area contributed by atoms with Crippen LogP contribution in [0.5, 0.6) is 0 Å². The number of fused-ring (bicyclic) bond motifs is 2. The zero-order chi connectivity index (χ0) is 13.4. The fraction of sp³-hybridized carbons (Fsp3) is 0.250. The molecule has 2 aromatic rings. The van der Waals surface area contributed by atoms with Gasteiger partial charge in [0, 0.05) is 30.7 Å². The van der Waals surface area contributed by atoms with Crippen LogP contribution < -0.4 is 0 Å². The van der Waals surface area contributed by atoms with Gasteiger partial charge in [-0.25, -0.2) is 4.99 Å². The van der Waals surface area contributed by atoms with Crippen molar-refractivity contribution < 1.29 is 0 Å². The van der Waals surface area contributed by atoms with Gasteiger partial charge in [-0.3, -0.25) is 4.98 Å². The Hall–Kier alpha value is -1.81. The number of amidine groups is 1. The molecule has 0 spiro atoms. The van der Waals surface area contributed by atoms with E-state index in [1.807, 2.05) is 23.9 Å². The minimum atomic E-state index is 0.593. The first-order valence-corrected chi connectivity index (χ1v) is 7.84. The number of hydrogen-bond donors (Lipinski definition) is 0. The van der Waals surface area contributed by atoms with Gasteiger partial charge < -0.3 is 4.90 Å². The first-order valence-electron chi connectivity index (χ1n) is 6.85. The van der Waals surface area contributed by atoms with Crippen molar-refractivity contribution in [3.05, 3.63) is 59.9 Å². The summed E-state index contributed by atoms with van der Waals surface area (Å²) in [6, 6.07) is 13.3. The molecule has 2 aliphatic rings. The summed E-state index contributed by atoms with van der Waals surface area (Å²) in [6.45, 7) is 0.984. The van der Waals surface area contributed by atoms with Gasteiger partial charge in [-0.15, -0.1) is 0 Å². The molecule has 1 atom stereocenters. The quantitative estimate of drug-likeness (QED) is 0.803. The Morgan fingerprint density at radius 1 is 1.10 bits per heavy atom. The number of benzene rings is 1. The highest BCUT2D eigenvalue weighted by Gasteiger charge is 2.34. The van der Waals surface area contributed by atoms with Gasteiger partial charge in [0.1, 0.15) is 0 Å². The van der Waals surface area contributed by atoms with Gasteiger partial charge in [-0.05, 0) is 29.7 Å². The largest absolute Gasteiger partial charge is 0.343 e. The fourth-order valence-corrected chi connectivity index (χ4v) is 4.03. The minimum Gasteiger partial charge on any atom is -0.343 e. The molecule has 0 radical (unpaired) electrons. The molecule has 1 saturated heterocycles. The van der Waals surface area contributed by atoms with E-state index in [2.05, 4.69) is 34.1 Å². The number of thioether (sulfide) groups is 1. The lowest BCUT2D eigenvalue weighted by Crippen LogP contribution is -2.38. The topological polar surface area (TPSA) is 28.5 Å². The predicted molar refractivity (Wildman–Crippen MR) is 83.3 cm³/mol. The molecule has 0 N–H and O–H groups in total. The van der Waals surface area contributed by atoms with Crippen LogP contribution in [0.2, 0.25) is 0 Å². The maximum absolute atomic E-state index is 4.78. The second-order valence-corrected chi connectivity index (χ2v) is 6.15. The van der Waals surface area contributed by atoms with E-state index >= 15 is 0 Å². The normalized spacial score (nSPS) is 22.7. The second kappa shape index (κ2) is 4.94. The summed E-state index contributed by atoms with van der Waals surface area (Å²) in [4.78, 5) is 11.3. The highest BCUT2D eigenvalue weighted by molar-refractivity contribution is 8.14. The Kier molecular flexibility index (Phi) is 2.96. The Morgan fingerprint density at radius 3 is 2.75 bits per heavy atom. The number of aromatic nitrogens is 1. The van der Waals surface area contributed by atoms with Crippen LogP contribution in [0.1, 0.15) is 11.1 Å². The lowest BCUT2D eigenvalue weighted by atomic mass is 9.95. The smallest absolute Gasteiger partial charge is 0.165 e. The van der Waals surface area contributed by atoms with E-state index < -0.39 is 0 Å². The van der Waals surface area contributed by atoms with Crippen LogP contribution in [-0.4, -0.2) is 26.8 Å². The van der Waals surface area contributed by atoms with E-state index in [4.69, 9.17) is 4.99 Å². The monoisotopic (exact) mass is 281 g/mol. The first-order chi connectivity index (χ1) is 9.90. The second-order valence-electron chi connectivity index (χ2n) is 5.17. The summed E-state index contributed by atoms with van der Waals surface area (Å²) < 4.78 is 0. The van der Waals surface area contributed by atoms with Crippen LogP contribution in [-0.2, 0) is 13.0 Å². The van der Waals surface area contributed by atoms with E-state index in [1.165, 1.54) is 11.1 Å². The van der Waals surface area contributed by atoms with Gasteiger partial charge >= 0.3 is 0 Å². The molecule has 0 amide bonds. The molecule has 20 heavy (non-hydrogen) atoms. The molecular formula is C16H15N3S. The molecule has 4 heteroatoms. The molecule has 1 aromatic heterocycles. The van der Waals surface area contributed by atoms with Crippen molar-refractivity contribution in [1.29, 1.82) is 0 Å². The van der Waals surface area contributed by atoms with Crippen LogP contribution in [0, 0.1) is 0 Å². The molecule has 4 rings (SSSR count). The van der Waals surface area contributed by atoms with Gasteiger partial charge in [0.15, 0.2) is 5.17 Å². The van der Waals surface area contributed by atoms with E-state index in [1.54, 1.807) is 12.4 Å². The molecule has 0 aliphatic carbocycles. The average Bonchev–Trinajstić information content (AvgIpc) is 2.88. The highest BCUT2D eigenvalue weighted by Crippen LogP contribution is 2.34. The predicted octanol–water partition coefficient (Wildman–Crippen LogP) is 3.24. The molecule has 100 valence electrons. The Bertz CT molecular complexity index is 654. The number of rotatable bonds is 1. The van der Waals surface area contributed by atoms with Gasteiger partial charge in [0.25, 0.3) is 0 Å². The fourth-order valence-electron chi connectivity index (χ4n) is 2.84. The van der Waals surface area contributed by atoms with Crippen molar-refractivity contribution in [3.8, 4) is 0 Å². The third-order valence-corrected chi connectivity index (χ3v) is 5.03. The molecule has 2 aliphatic heterocycles. The van der Waals surface area contributed by atoms with Crippen molar-refractivity contribution in [2.75, 3.05) is 5.75 Å². The molecule has 1 aromatic carbocycles. The SMILES string of the molecule is c1ccc2c(c1)CC1CSC(=Nc3ccncc3)N1C2. The number of aliphatic imine (C=N–C) groups is 1. The summed E-state index contributed by atoms with van der Waals surface area (Å²) in [6.07, 6.45) is 4.72. The Balaban J connectivity index is 1.65. The van der Waals surface area contributed by atoms with Gasteiger partial charge in [-0.2, -0.15) is 0 Å². The van der Waals surface area contributed by atoms with Crippen molar-refractivity contribution >= 4 is 22.6 Å². The van der Waals surface area contributed by atoms with Crippen LogP contribution in [0.4, 0.5) is 5.69 Å². The summed E-state index contributed by atoms with van der Waals surface area (Å²) >= 11 is 1.87. The van der Waals surface area contributed by atoms with E-state index in [0.717, 1.165) is 29.6 Å². The lowest BCUT2D eigenvalue weighted by molar-refractivity contribution is 0.320. The van der Waals surface area contributed by atoms with Crippen LogP contribution in [0.3, 0.4) is 0 Å². The summed E-state index contributed by atoms with van der Waals surface area (Å²) in [5.74, 6) is 1.14. The standard InChI is InChI=1S/C16H15N3S/c1-2-4-13-10-19-15(9-12(13)3-1)11-20-16(19)18-14-5-7-17-8-6-14/h1-8,15H,9-11H2. The summed E-state index contributed by atoms with van der Waals surface area (Å²) in [5, 5.41) is 1.15. The Morgan fingerprint density at radius 2 is 1.90 bits per heavy atom. The minimum absolute atomic E-state index is 0.593. The zero-order valence-corrected chi connectivity index (χ0v) is 11.9. The van der Waals surface area contributed by atoms with E-state index in [9.17, 15) is 0 Å². The number of nitrogens with zero attached hydrogens (tertiary/aromatic N) is 3. The van der Waals surface area contributed by atoms with Gasteiger partial charge in [-0.1, -0.05) is 36.0 Å². The third-order valence-electron chi connectivity index (χ3n) is 3.89. The van der Waals surface area contributed by atoms with Crippen molar-refractivity contribution in [3.63, 3.8) is 0 Å². The van der Waals surface area contributed by atoms with Crippen LogP contribution >= 0.6 is 11.8 Å². The molecule has 0 bridgehead atoms. The molecule has 3 nitrogen and oxygen atoms in total. The van der Waals surface area contributed by atoms with Gasteiger partial charge in [0.05, 0.1) is 5.69 Å². The maximum atomic E-state index is 4.78. The molecule has 1 unspecified atom stereocenters. The lowest BCUT2D eigenvalue weighted by Gasteiger charge is -2.32. The number of pyridine rings is 1. The molecular weight excluding hydrogens is 266 g/mol. The average molecular weight is 281 g/mol. The summed E-state index contributed by atoms with van der Waals surface area (Å²) in [7, 11) is 0. The van der Waals surface area contributed by atoms with Crippen LogP contribution in [0.25, 0.3) is 0 Å². The zero-order valence-electron chi connectivity index (χ0n) is 11.1. The Labute approximate surface area is 122 Å². The van der Waals surface area contributed by atoms with Crippen LogP contribution in [0.15, 0.2) is 53.8 Å². The molecule has 1 fully saturated rings. The maximum Gasteiger partial charge on any atom is 0.165 e. The van der Waals surface area contributed by atoms with Crippen molar-refractivity contribution in [2.45, 2.75) is 19.0 Å². The van der Waals surface area contributed by atoms with Crippen molar-refractivity contribution in [2.24, 2.45) is 4.99 Å². The van der Waals surface area contributed by atoms with E-state index in [-0.39, 0.29) is 0 Å². The number of hydrogen-bond acceptors (Lipinski definition) is 3. The molecule has 3 heterocycles. The third kappa shape index (κ3) is 2.10. The van der Waals surface area contributed by atoms with Crippen molar-refractivity contribution in [1.82, 2.24) is 9.88 Å². The van der Waals surface area contributed by atoms with E-state index in [0.29, 0.717) is 6.04 Å². The highest BCUT2D eigenvalue weighted by atomic mass is 32.2. The first kappa shape index (κ1) is 12.0. The summed E-state index contributed by atoms with van der Waals surface area (Å²) in [5.41, 5.74) is 3.93. The van der Waals surface area contributed by atoms with Gasteiger partial charge in [0.2, 0.25) is 0 Å². The molecule has 0 saturated carbocycles.